The molecule has 0 spiro atoms. The maximum Gasteiger partial charge on any atom is 0.119 e. The molecule has 0 aliphatic heterocycles. The van der Waals surface area contributed by atoms with Crippen LogP contribution in [0.4, 0.5) is 0 Å². The number of para-hydroxylation sites is 1. The number of hydrogen-bond donors (Lipinski definition) is 1. The third-order valence-corrected chi connectivity index (χ3v) is 8.51. The summed E-state index contributed by atoms with van der Waals surface area (Å²) in [5.74, 6) is 0.421. The van der Waals surface area contributed by atoms with Crippen LogP contribution in [0.2, 0.25) is 0 Å². The fourth-order valence-corrected chi connectivity index (χ4v) is 6.06. The van der Waals surface area contributed by atoms with Crippen LogP contribution in [0.25, 0.3) is 0 Å². The third kappa shape index (κ3) is 5.12. The third-order valence-electron chi connectivity index (χ3n) is 6.09. The zero-order chi connectivity index (χ0) is 21.6. The molecule has 1 N–H and O–H groups in total. The van der Waals surface area contributed by atoms with E-state index >= 15 is 0 Å². The molecule has 3 heteroatoms. The summed E-state index contributed by atoms with van der Waals surface area (Å²) < 4.78 is 0. The standard InChI is InChI=1S/C27H34NOP/c1-5-27(6-2,24-17-10-11-18-25(24)29)30-26-21(3)13-12-16-23(26)20-28(4)19-22-14-8-7-9-15-22/h7-18,29-30H,5-6,19-20H2,1-4H3. The Hall–Kier alpha value is -2.15. The van der Waals surface area contributed by atoms with Crippen molar-refractivity contribution in [1.29, 1.82) is 0 Å². The number of aromatic hydroxyl groups is 1. The first-order valence-electron chi connectivity index (χ1n) is 10.9. The molecular formula is C27H34NOP. The van der Waals surface area contributed by atoms with Crippen molar-refractivity contribution >= 4 is 13.9 Å². The van der Waals surface area contributed by atoms with E-state index < -0.39 is 0 Å². The number of rotatable bonds is 9. The Labute approximate surface area is 183 Å². The predicted octanol–water partition coefficient (Wildman–Crippen LogP) is 6.35. The zero-order valence-corrected chi connectivity index (χ0v) is 19.7. The van der Waals surface area contributed by atoms with Crippen LogP contribution in [0.3, 0.4) is 0 Å². The van der Waals surface area contributed by atoms with Crippen molar-refractivity contribution in [2.24, 2.45) is 0 Å². The molecule has 0 aliphatic carbocycles. The van der Waals surface area contributed by atoms with Gasteiger partial charge in [-0.2, -0.15) is 0 Å². The summed E-state index contributed by atoms with van der Waals surface area (Å²) in [6, 6.07) is 25.2. The number of hydrogen-bond acceptors (Lipinski definition) is 2. The summed E-state index contributed by atoms with van der Waals surface area (Å²) in [6.07, 6.45) is 2.01. The molecular weight excluding hydrogens is 385 g/mol. The lowest BCUT2D eigenvalue weighted by molar-refractivity contribution is 0.320. The summed E-state index contributed by atoms with van der Waals surface area (Å²) in [4.78, 5) is 2.39. The maximum atomic E-state index is 10.6. The number of phenols is 1. The van der Waals surface area contributed by atoms with Gasteiger partial charge in [-0.25, -0.2) is 0 Å². The van der Waals surface area contributed by atoms with Gasteiger partial charge in [-0.05, 0) is 54.9 Å². The van der Waals surface area contributed by atoms with Gasteiger partial charge in [0.1, 0.15) is 5.75 Å². The monoisotopic (exact) mass is 419 g/mol. The van der Waals surface area contributed by atoms with Crippen LogP contribution in [-0.2, 0) is 18.2 Å². The van der Waals surface area contributed by atoms with Gasteiger partial charge >= 0.3 is 0 Å². The van der Waals surface area contributed by atoms with Crippen LogP contribution in [0, 0.1) is 6.92 Å². The maximum absolute atomic E-state index is 10.6. The molecule has 3 aromatic rings. The minimum atomic E-state index is -0.0375. The molecule has 0 fully saturated rings. The Morgan fingerprint density at radius 2 is 1.50 bits per heavy atom. The van der Waals surface area contributed by atoms with Crippen LogP contribution >= 0.6 is 8.58 Å². The van der Waals surface area contributed by atoms with Crippen LogP contribution < -0.4 is 5.30 Å². The van der Waals surface area contributed by atoms with E-state index in [1.54, 1.807) is 0 Å². The predicted molar refractivity (Wildman–Crippen MR) is 131 cm³/mol. The number of benzene rings is 3. The number of phenolic OH excluding ortho intramolecular Hbond substituents is 1. The van der Waals surface area contributed by atoms with Crippen LogP contribution in [-0.4, -0.2) is 17.1 Å². The minimum Gasteiger partial charge on any atom is -0.508 e. The van der Waals surface area contributed by atoms with E-state index in [-0.39, 0.29) is 5.16 Å². The highest BCUT2D eigenvalue weighted by Gasteiger charge is 2.32. The Bertz CT molecular complexity index is 950. The lowest BCUT2D eigenvalue weighted by Crippen LogP contribution is -2.26. The van der Waals surface area contributed by atoms with Crippen molar-refractivity contribution in [2.45, 2.75) is 51.9 Å². The zero-order valence-electron chi connectivity index (χ0n) is 18.7. The molecule has 0 aliphatic rings. The summed E-state index contributed by atoms with van der Waals surface area (Å²) >= 11 is 0. The smallest absolute Gasteiger partial charge is 0.119 e. The molecule has 0 amide bonds. The molecule has 1 atom stereocenters. The van der Waals surface area contributed by atoms with Crippen LogP contribution in [0.15, 0.2) is 72.8 Å². The van der Waals surface area contributed by atoms with Gasteiger partial charge < -0.3 is 5.11 Å². The lowest BCUT2D eigenvalue weighted by Gasteiger charge is -2.35. The molecule has 0 saturated carbocycles. The SMILES string of the molecule is CCC(CC)(Pc1c(C)cccc1CN(C)Cc1ccccc1)c1ccccc1O. The first-order chi connectivity index (χ1) is 14.5. The summed E-state index contributed by atoms with van der Waals surface area (Å²) in [6.45, 7) is 8.58. The second kappa shape index (κ2) is 10.2. The minimum absolute atomic E-state index is 0.0375. The molecule has 0 aromatic heterocycles. The van der Waals surface area contributed by atoms with Gasteiger partial charge in [0.2, 0.25) is 0 Å². The average molecular weight is 420 g/mol. The Morgan fingerprint density at radius 3 is 2.17 bits per heavy atom. The van der Waals surface area contributed by atoms with Gasteiger partial charge in [0.15, 0.2) is 0 Å². The molecule has 158 valence electrons. The van der Waals surface area contributed by atoms with E-state index in [1.807, 2.05) is 18.2 Å². The fraction of sp³-hybridized carbons (Fsp3) is 0.333. The highest BCUT2D eigenvalue weighted by molar-refractivity contribution is 7.48. The summed E-state index contributed by atoms with van der Waals surface area (Å²) in [7, 11) is 2.81. The highest BCUT2D eigenvalue weighted by Crippen LogP contribution is 2.50. The second-order valence-electron chi connectivity index (χ2n) is 8.20. The van der Waals surface area contributed by atoms with Crippen molar-refractivity contribution < 1.29 is 5.11 Å². The van der Waals surface area contributed by atoms with E-state index in [1.165, 1.54) is 22.0 Å². The quantitative estimate of drug-likeness (QED) is 0.408. The molecule has 0 bridgehead atoms. The van der Waals surface area contributed by atoms with Crippen molar-refractivity contribution in [3.63, 3.8) is 0 Å². The van der Waals surface area contributed by atoms with Crippen molar-refractivity contribution in [3.05, 3.63) is 95.1 Å². The Kier molecular flexibility index (Phi) is 7.69. The average Bonchev–Trinajstić information content (AvgIpc) is 2.75. The van der Waals surface area contributed by atoms with Gasteiger partial charge in [0.05, 0.1) is 0 Å². The Morgan fingerprint density at radius 1 is 0.833 bits per heavy atom. The molecule has 0 radical (unpaired) electrons. The summed E-state index contributed by atoms with van der Waals surface area (Å²) in [5, 5.41) is 12.0. The lowest BCUT2D eigenvalue weighted by atomic mass is 9.92. The van der Waals surface area contributed by atoms with E-state index in [2.05, 4.69) is 87.3 Å². The molecule has 3 rings (SSSR count). The molecule has 30 heavy (non-hydrogen) atoms. The molecule has 3 aromatic carbocycles. The van der Waals surface area contributed by atoms with Gasteiger partial charge in [-0.15, -0.1) is 0 Å². The topological polar surface area (TPSA) is 23.5 Å². The van der Waals surface area contributed by atoms with E-state index in [4.69, 9.17) is 0 Å². The van der Waals surface area contributed by atoms with Gasteiger partial charge in [0, 0.05) is 23.8 Å². The molecule has 1 unspecified atom stereocenters. The van der Waals surface area contributed by atoms with Crippen molar-refractivity contribution in [3.8, 4) is 5.75 Å². The highest BCUT2D eigenvalue weighted by atomic mass is 31.1. The first kappa shape index (κ1) is 22.5. The largest absolute Gasteiger partial charge is 0.508 e. The Balaban J connectivity index is 1.91. The fourth-order valence-electron chi connectivity index (χ4n) is 4.27. The van der Waals surface area contributed by atoms with Gasteiger partial charge in [-0.3, -0.25) is 4.90 Å². The van der Waals surface area contributed by atoms with Crippen molar-refractivity contribution in [2.75, 3.05) is 7.05 Å². The second-order valence-corrected chi connectivity index (χ2v) is 9.91. The van der Waals surface area contributed by atoms with Crippen molar-refractivity contribution in [1.82, 2.24) is 4.90 Å². The number of nitrogens with zero attached hydrogens (tertiary/aromatic N) is 1. The number of aryl methyl sites for hydroxylation is 1. The van der Waals surface area contributed by atoms with E-state index in [0.717, 1.165) is 31.5 Å². The van der Waals surface area contributed by atoms with E-state index in [0.29, 0.717) is 14.3 Å². The molecule has 0 heterocycles. The molecule has 0 saturated heterocycles. The van der Waals surface area contributed by atoms with Gasteiger partial charge in [0.25, 0.3) is 0 Å². The molecule has 2 nitrogen and oxygen atoms in total. The van der Waals surface area contributed by atoms with Gasteiger partial charge in [-0.1, -0.05) is 89.2 Å². The van der Waals surface area contributed by atoms with Crippen LogP contribution in [0.1, 0.15) is 48.9 Å². The normalized spacial score (nSPS) is 12.2. The van der Waals surface area contributed by atoms with Crippen LogP contribution in [0.5, 0.6) is 5.75 Å². The summed E-state index contributed by atoms with van der Waals surface area (Å²) in [5.41, 5.74) is 5.16. The first-order valence-corrected chi connectivity index (χ1v) is 11.9. The van der Waals surface area contributed by atoms with E-state index in [9.17, 15) is 5.11 Å².